The molecule has 18 heavy (non-hydrogen) atoms. The maximum Gasteiger partial charge on any atom is 0.126 e. The normalized spacial score (nSPS) is 10.2. The van der Waals surface area contributed by atoms with E-state index < -0.39 is 0 Å². The number of hydrogen-bond donors (Lipinski definition) is 1. The van der Waals surface area contributed by atoms with Gasteiger partial charge in [-0.25, -0.2) is 4.98 Å². The Morgan fingerprint density at radius 3 is 2.67 bits per heavy atom. The summed E-state index contributed by atoms with van der Waals surface area (Å²) >= 11 is 0. The minimum Gasteiger partial charge on any atom is -0.489 e. The zero-order chi connectivity index (χ0) is 13.0. The highest BCUT2D eigenvalue weighted by atomic mass is 16.5. The van der Waals surface area contributed by atoms with E-state index in [0.29, 0.717) is 6.61 Å². The van der Waals surface area contributed by atoms with Crippen LogP contribution in [0.4, 0.5) is 5.82 Å². The first-order valence-corrected chi connectivity index (χ1v) is 6.02. The molecule has 2 aromatic rings. The maximum absolute atomic E-state index is 5.77. The molecule has 2 rings (SSSR count). The molecule has 1 aromatic heterocycles. The van der Waals surface area contributed by atoms with E-state index in [-0.39, 0.29) is 0 Å². The lowest BCUT2D eigenvalue weighted by Gasteiger charge is -2.09. The van der Waals surface area contributed by atoms with E-state index in [1.165, 1.54) is 11.1 Å². The first-order valence-electron chi connectivity index (χ1n) is 6.02. The van der Waals surface area contributed by atoms with Gasteiger partial charge in [0.2, 0.25) is 0 Å². The van der Waals surface area contributed by atoms with Crippen molar-refractivity contribution in [3.05, 3.63) is 53.2 Å². The van der Waals surface area contributed by atoms with E-state index in [1.807, 2.05) is 25.2 Å². The van der Waals surface area contributed by atoms with Crippen LogP contribution in [0.15, 0.2) is 36.5 Å². The lowest BCUT2D eigenvalue weighted by atomic mass is 10.1. The summed E-state index contributed by atoms with van der Waals surface area (Å²) in [4.78, 5) is 4.17. The predicted molar refractivity (Wildman–Crippen MR) is 74.0 cm³/mol. The van der Waals surface area contributed by atoms with Crippen LogP contribution in [0.3, 0.4) is 0 Å². The first-order chi connectivity index (χ1) is 8.69. The minimum absolute atomic E-state index is 0.555. The third kappa shape index (κ3) is 3.00. The van der Waals surface area contributed by atoms with Crippen LogP contribution in [-0.4, -0.2) is 12.0 Å². The number of pyridine rings is 1. The van der Waals surface area contributed by atoms with E-state index in [9.17, 15) is 0 Å². The number of ether oxygens (including phenoxy) is 1. The Labute approximate surface area is 108 Å². The molecule has 0 aliphatic rings. The molecule has 1 aromatic carbocycles. The molecule has 0 saturated heterocycles. The average molecular weight is 242 g/mol. The van der Waals surface area contributed by atoms with Gasteiger partial charge in [0.15, 0.2) is 0 Å². The molecule has 3 nitrogen and oxygen atoms in total. The Morgan fingerprint density at radius 1 is 1.11 bits per heavy atom. The zero-order valence-electron chi connectivity index (χ0n) is 11.0. The Bertz CT molecular complexity index is 538. The van der Waals surface area contributed by atoms with Gasteiger partial charge in [-0.1, -0.05) is 6.07 Å². The van der Waals surface area contributed by atoms with Crippen molar-refractivity contribution in [3.63, 3.8) is 0 Å². The second-order valence-electron chi connectivity index (χ2n) is 4.33. The van der Waals surface area contributed by atoms with E-state index in [4.69, 9.17) is 4.74 Å². The molecule has 0 aliphatic carbocycles. The largest absolute Gasteiger partial charge is 0.489 e. The number of aromatic nitrogens is 1. The molecule has 0 saturated carbocycles. The highest BCUT2D eigenvalue weighted by molar-refractivity contribution is 5.37. The fraction of sp³-hybridized carbons (Fsp3) is 0.267. The molecular weight excluding hydrogens is 224 g/mol. The van der Waals surface area contributed by atoms with E-state index in [0.717, 1.165) is 17.1 Å². The summed E-state index contributed by atoms with van der Waals surface area (Å²) in [5, 5.41) is 3.02. The number of rotatable bonds is 4. The highest BCUT2D eigenvalue weighted by Crippen LogP contribution is 2.18. The maximum atomic E-state index is 5.77. The monoisotopic (exact) mass is 242 g/mol. The second kappa shape index (κ2) is 5.54. The second-order valence-corrected chi connectivity index (χ2v) is 4.33. The van der Waals surface area contributed by atoms with Crippen molar-refractivity contribution in [1.82, 2.24) is 4.98 Å². The fourth-order valence-electron chi connectivity index (χ4n) is 1.67. The van der Waals surface area contributed by atoms with Gasteiger partial charge in [0, 0.05) is 13.2 Å². The van der Waals surface area contributed by atoms with E-state index >= 15 is 0 Å². The summed E-state index contributed by atoms with van der Waals surface area (Å²) < 4.78 is 5.77. The summed E-state index contributed by atoms with van der Waals surface area (Å²) in [6, 6.07) is 10.1. The van der Waals surface area contributed by atoms with Crippen molar-refractivity contribution in [3.8, 4) is 5.75 Å². The van der Waals surface area contributed by atoms with Crippen molar-refractivity contribution >= 4 is 5.82 Å². The summed E-state index contributed by atoms with van der Waals surface area (Å²) in [6.07, 6.45) is 1.78. The van der Waals surface area contributed by atoms with Crippen molar-refractivity contribution < 1.29 is 4.74 Å². The van der Waals surface area contributed by atoms with Gasteiger partial charge in [0.05, 0.1) is 0 Å². The molecule has 0 amide bonds. The van der Waals surface area contributed by atoms with Crippen LogP contribution in [0.2, 0.25) is 0 Å². The molecule has 0 spiro atoms. The Hall–Kier alpha value is -2.03. The van der Waals surface area contributed by atoms with Gasteiger partial charge in [-0.2, -0.15) is 0 Å². The van der Waals surface area contributed by atoms with Crippen LogP contribution in [0, 0.1) is 13.8 Å². The van der Waals surface area contributed by atoms with Gasteiger partial charge in [-0.3, -0.25) is 0 Å². The molecule has 0 unspecified atom stereocenters. The Morgan fingerprint density at radius 2 is 1.94 bits per heavy atom. The topological polar surface area (TPSA) is 34.1 Å². The molecule has 0 radical (unpaired) electrons. The fourth-order valence-corrected chi connectivity index (χ4v) is 1.67. The Balaban J connectivity index is 2.04. The van der Waals surface area contributed by atoms with Gasteiger partial charge in [-0.15, -0.1) is 0 Å². The van der Waals surface area contributed by atoms with Crippen LogP contribution < -0.4 is 10.1 Å². The smallest absolute Gasteiger partial charge is 0.126 e. The van der Waals surface area contributed by atoms with Gasteiger partial charge in [0.25, 0.3) is 0 Å². The van der Waals surface area contributed by atoms with Gasteiger partial charge < -0.3 is 10.1 Å². The van der Waals surface area contributed by atoms with Crippen LogP contribution in [0.25, 0.3) is 0 Å². The lowest BCUT2D eigenvalue weighted by Crippen LogP contribution is -1.98. The number of benzene rings is 1. The SMILES string of the molecule is CNc1cc(COc2ccc(C)c(C)c2)ccn1. The van der Waals surface area contributed by atoms with Crippen molar-refractivity contribution in [1.29, 1.82) is 0 Å². The highest BCUT2D eigenvalue weighted by Gasteiger charge is 1.99. The molecule has 1 N–H and O–H groups in total. The van der Waals surface area contributed by atoms with Crippen LogP contribution >= 0.6 is 0 Å². The molecule has 0 fully saturated rings. The molecule has 94 valence electrons. The molecule has 0 bridgehead atoms. The first kappa shape index (κ1) is 12.4. The van der Waals surface area contributed by atoms with E-state index in [2.05, 4.69) is 36.3 Å². The molecule has 0 atom stereocenters. The van der Waals surface area contributed by atoms with Gasteiger partial charge >= 0.3 is 0 Å². The molecule has 3 heteroatoms. The number of hydrogen-bond acceptors (Lipinski definition) is 3. The zero-order valence-corrected chi connectivity index (χ0v) is 11.0. The Kier molecular flexibility index (Phi) is 3.82. The number of nitrogens with zero attached hydrogens (tertiary/aromatic N) is 1. The molecule has 1 heterocycles. The lowest BCUT2D eigenvalue weighted by molar-refractivity contribution is 0.306. The summed E-state index contributed by atoms with van der Waals surface area (Å²) in [7, 11) is 1.86. The number of aryl methyl sites for hydroxylation is 2. The number of anilines is 1. The molecular formula is C15H18N2O. The summed E-state index contributed by atoms with van der Waals surface area (Å²) in [5.74, 6) is 1.76. The van der Waals surface area contributed by atoms with Gasteiger partial charge in [0.1, 0.15) is 18.2 Å². The van der Waals surface area contributed by atoms with Crippen molar-refractivity contribution in [2.24, 2.45) is 0 Å². The molecule has 0 aliphatic heterocycles. The van der Waals surface area contributed by atoms with Crippen LogP contribution in [-0.2, 0) is 6.61 Å². The van der Waals surface area contributed by atoms with Crippen molar-refractivity contribution in [2.75, 3.05) is 12.4 Å². The average Bonchev–Trinajstić information content (AvgIpc) is 2.40. The number of nitrogens with one attached hydrogen (secondary N) is 1. The standard InChI is InChI=1S/C15H18N2O/c1-11-4-5-14(8-12(11)2)18-10-13-6-7-17-15(9-13)16-3/h4-9H,10H2,1-3H3,(H,16,17). The van der Waals surface area contributed by atoms with Crippen molar-refractivity contribution in [2.45, 2.75) is 20.5 Å². The third-order valence-corrected chi connectivity index (χ3v) is 2.96. The minimum atomic E-state index is 0.555. The van der Waals surface area contributed by atoms with Crippen LogP contribution in [0.5, 0.6) is 5.75 Å². The summed E-state index contributed by atoms with van der Waals surface area (Å²) in [6.45, 7) is 4.74. The predicted octanol–water partition coefficient (Wildman–Crippen LogP) is 3.32. The third-order valence-electron chi connectivity index (χ3n) is 2.96. The van der Waals surface area contributed by atoms with Crippen LogP contribution in [0.1, 0.15) is 16.7 Å². The summed E-state index contributed by atoms with van der Waals surface area (Å²) in [5.41, 5.74) is 3.63. The quantitative estimate of drug-likeness (QED) is 0.893. The van der Waals surface area contributed by atoms with E-state index in [1.54, 1.807) is 6.20 Å². The van der Waals surface area contributed by atoms with Gasteiger partial charge in [-0.05, 0) is 54.8 Å².